The third-order valence-electron chi connectivity index (χ3n) is 4.10. The lowest BCUT2D eigenvalue weighted by Crippen LogP contribution is -2.10. The molecule has 0 spiro atoms. The second-order valence-electron chi connectivity index (χ2n) is 6.18. The van der Waals surface area contributed by atoms with Crippen LogP contribution in [0.1, 0.15) is 70.3 Å². The number of hydrogen-bond acceptors (Lipinski definition) is 2. The van der Waals surface area contributed by atoms with Crippen molar-refractivity contribution in [1.29, 1.82) is 0 Å². The van der Waals surface area contributed by atoms with Gasteiger partial charge < -0.3 is 0 Å². The first-order chi connectivity index (χ1) is 11.9. The summed E-state index contributed by atoms with van der Waals surface area (Å²) < 4.78 is 39.6. The molecule has 0 fully saturated rings. The highest BCUT2D eigenvalue weighted by molar-refractivity contribution is 5.70. The van der Waals surface area contributed by atoms with Gasteiger partial charge >= 0.3 is 6.18 Å². The molecule has 25 heavy (non-hydrogen) atoms. The van der Waals surface area contributed by atoms with Crippen LogP contribution in [0.4, 0.5) is 18.9 Å². The molecule has 0 N–H and O–H groups in total. The molecule has 0 aliphatic rings. The summed E-state index contributed by atoms with van der Waals surface area (Å²) in [4.78, 5) is 9.98. The number of nitrogens with zero attached hydrogens (tertiary/aromatic N) is 1. The molecule has 0 aliphatic heterocycles. The van der Waals surface area contributed by atoms with E-state index in [1.807, 2.05) is 0 Å². The number of halogens is 3. The van der Waals surface area contributed by atoms with Crippen LogP contribution in [-0.2, 0) is 0 Å². The van der Waals surface area contributed by atoms with Crippen LogP contribution in [0.15, 0.2) is 30.3 Å². The zero-order chi connectivity index (χ0) is 18.7. The van der Waals surface area contributed by atoms with E-state index >= 15 is 0 Å². The maximum Gasteiger partial charge on any atom is 0.416 e. The Morgan fingerprint density at radius 3 is 2.00 bits per heavy atom. The Balaban J connectivity index is 2.53. The summed E-state index contributed by atoms with van der Waals surface area (Å²) >= 11 is 0. The van der Waals surface area contributed by atoms with Gasteiger partial charge in [-0.3, -0.25) is 10.1 Å². The Hall–Kier alpha value is -1.85. The number of hydrogen-bond donors (Lipinski definition) is 0. The highest BCUT2D eigenvalue weighted by atomic mass is 19.4. The lowest BCUT2D eigenvalue weighted by atomic mass is 10.0. The predicted octanol–water partition coefficient (Wildman–Crippen LogP) is 7.07. The van der Waals surface area contributed by atoms with Crippen molar-refractivity contribution in [1.82, 2.24) is 0 Å². The molecule has 140 valence electrons. The third-order valence-corrected chi connectivity index (χ3v) is 4.10. The van der Waals surface area contributed by atoms with Crippen molar-refractivity contribution >= 4 is 11.3 Å². The smallest absolute Gasteiger partial charge is 0.258 e. The van der Waals surface area contributed by atoms with Crippen LogP contribution in [0.25, 0.3) is 5.57 Å². The molecular weight excluding hydrogens is 331 g/mol. The molecule has 1 aromatic carbocycles. The first kappa shape index (κ1) is 21.2. The quantitative estimate of drug-likeness (QED) is 0.241. The molecule has 0 radical (unpaired) electrons. The molecular formula is C19H26F3NO2. The van der Waals surface area contributed by atoms with E-state index in [0.29, 0.717) is 6.42 Å². The summed E-state index contributed by atoms with van der Waals surface area (Å²) in [7, 11) is 0. The second-order valence-corrected chi connectivity index (χ2v) is 6.18. The molecule has 0 unspecified atom stereocenters. The average Bonchev–Trinajstić information content (AvgIpc) is 2.55. The Morgan fingerprint density at radius 1 is 1.00 bits per heavy atom. The van der Waals surface area contributed by atoms with Crippen molar-refractivity contribution in [3.8, 4) is 0 Å². The highest BCUT2D eigenvalue weighted by Crippen LogP contribution is 2.35. The van der Waals surface area contributed by atoms with Crippen LogP contribution in [0, 0.1) is 10.1 Å². The van der Waals surface area contributed by atoms with Crippen molar-refractivity contribution in [3.05, 3.63) is 46.0 Å². The zero-order valence-electron chi connectivity index (χ0n) is 14.6. The van der Waals surface area contributed by atoms with Gasteiger partial charge in [-0.05, 0) is 30.5 Å². The average molecular weight is 357 g/mol. The van der Waals surface area contributed by atoms with E-state index in [4.69, 9.17) is 0 Å². The van der Waals surface area contributed by atoms with Crippen molar-refractivity contribution < 1.29 is 18.1 Å². The molecule has 0 amide bonds. The molecule has 0 aliphatic carbocycles. The van der Waals surface area contributed by atoms with E-state index in [1.165, 1.54) is 31.8 Å². The summed E-state index contributed by atoms with van der Waals surface area (Å²) in [6.07, 6.45) is 5.81. The lowest BCUT2D eigenvalue weighted by molar-refractivity contribution is -0.384. The molecule has 0 heterocycles. The molecule has 6 heteroatoms. The predicted molar refractivity (Wildman–Crippen MR) is 94.4 cm³/mol. The standard InChI is InChI=1S/C19H26F3NO2/c1-2-3-4-5-6-7-8-9-10-11-18(19(20,21)22)16-12-14-17(15-13-16)23(24)25/h11-15H,2-10H2,1H3/b18-11+. The largest absolute Gasteiger partial charge is 0.416 e. The Kier molecular flexibility index (Phi) is 9.24. The minimum absolute atomic E-state index is 0.0299. The van der Waals surface area contributed by atoms with Gasteiger partial charge in [0.1, 0.15) is 0 Å². The minimum atomic E-state index is -4.46. The highest BCUT2D eigenvalue weighted by Gasteiger charge is 2.34. The summed E-state index contributed by atoms with van der Waals surface area (Å²) in [5, 5.41) is 10.6. The molecule has 0 atom stereocenters. The molecule has 0 bridgehead atoms. The Bertz CT molecular complexity index is 551. The SMILES string of the molecule is CCCCCCCCCC/C=C(\c1ccc([N+](=O)[O-])cc1)C(F)(F)F. The van der Waals surface area contributed by atoms with Crippen molar-refractivity contribution in [2.45, 2.75) is 70.9 Å². The number of nitro groups is 1. The number of unbranched alkanes of at least 4 members (excludes halogenated alkanes) is 8. The van der Waals surface area contributed by atoms with E-state index in [2.05, 4.69) is 6.92 Å². The van der Waals surface area contributed by atoms with E-state index in [1.54, 1.807) is 0 Å². The number of nitro benzene ring substituents is 1. The molecule has 1 rings (SSSR count). The lowest BCUT2D eigenvalue weighted by Gasteiger charge is -2.12. The Morgan fingerprint density at radius 2 is 1.52 bits per heavy atom. The van der Waals surface area contributed by atoms with Gasteiger partial charge in [0.15, 0.2) is 0 Å². The molecule has 0 saturated carbocycles. The van der Waals surface area contributed by atoms with Gasteiger partial charge in [0.05, 0.1) is 10.5 Å². The Labute approximate surface area is 147 Å². The van der Waals surface area contributed by atoms with E-state index in [-0.39, 0.29) is 11.3 Å². The number of benzene rings is 1. The fourth-order valence-corrected chi connectivity index (χ4v) is 2.68. The zero-order valence-corrected chi connectivity index (χ0v) is 14.6. The van der Waals surface area contributed by atoms with Gasteiger partial charge in [-0.15, -0.1) is 0 Å². The maximum atomic E-state index is 13.2. The maximum absolute atomic E-state index is 13.2. The number of alkyl halides is 3. The summed E-state index contributed by atoms with van der Waals surface area (Å²) in [6.45, 7) is 2.16. The third kappa shape index (κ3) is 8.18. The topological polar surface area (TPSA) is 43.1 Å². The molecule has 0 aromatic heterocycles. The van der Waals surface area contributed by atoms with E-state index in [0.717, 1.165) is 49.9 Å². The first-order valence-electron chi connectivity index (χ1n) is 8.88. The van der Waals surface area contributed by atoms with Gasteiger partial charge in [-0.1, -0.05) is 57.9 Å². The van der Waals surface area contributed by atoms with Crippen LogP contribution in [-0.4, -0.2) is 11.1 Å². The van der Waals surface area contributed by atoms with Crippen LogP contribution < -0.4 is 0 Å². The fraction of sp³-hybridized carbons (Fsp3) is 0.579. The van der Waals surface area contributed by atoms with Gasteiger partial charge in [0, 0.05) is 12.1 Å². The van der Waals surface area contributed by atoms with Gasteiger partial charge in [0.2, 0.25) is 0 Å². The molecule has 1 aromatic rings. The van der Waals surface area contributed by atoms with Crippen LogP contribution >= 0.6 is 0 Å². The number of allylic oxidation sites excluding steroid dienone is 2. The van der Waals surface area contributed by atoms with E-state index < -0.39 is 16.7 Å². The summed E-state index contributed by atoms with van der Waals surface area (Å²) in [6, 6.07) is 4.52. The second kappa shape index (κ2) is 10.9. The summed E-state index contributed by atoms with van der Waals surface area (Å²) in [5.41, 5.74) is -0.962. The van der Waals surface area contributed by atoms with Crippen molar-refractivity contribution in [2.24, 2.45) is 0 Å². The number of rotatable bonds is 11. The molecule has 0 saturated heterocycles. The van der Waals surface area contributed by atoms with Crippen molar-refractivity contribution in [3.63, 3.8) is 0 Å². The van der Waals surface area contributed by atoms with Crippen LogP contribution in [0.2, 0.25) is 0 Å². The first-order valence-corrected chi connectivity index (χ1v) is 8.88. The van der Waals surface area contributed by atoms with Crippen molar-refractivity contribution in [2.75, 3.05) is 0 Å². The van der Waals surface area contributed by atoms with E-state index in [9.17, 15) is 23.3 Å². The molecule has 3 nitrogen and oxygen atoms in total. The van der Waals surface area contributed by atoms with Gasteiger partial charge in [-0.2, -0.15) is 13.2 Å². The normalized spacial score (nSPS) is 12.4. The fourth-order valence-electron chi connectivity index (χ4n) is 2.68. The van der Waals surface area contributed by atoms with Crippen LogP contribution in [0.3, 0.4) is 0 Å². The monoisotopic (exact) mass is 357 g/mol. The van der Waals surface area contributed by atoms with Gasteiger partial charge in [-0.25, -0.2) is 0 Å². The number of non-ortho nitro benzene ring substituents is 1. The summed E-state index contributed by atoms with van der Waals surface area (Å²) in [5.74, 6) is 0. The van der Waals surface area contributed by atoms with Crippen LogP contribution in [0.5, 0.6) is 0 Å². The van der Waals surface area contributed by atoms with Gasteiger partial charge in [0.25, 0.3) is 5.69 Å². The minimum Gasteiger partial charge on any atom is -0.258 e.